The lowest BCUT2D eigenvalue weighted by Gasteiger charge is -2.11. The van der Waals surface area contributed by atoms with E-state index in [4.69, 9.17) is 12.6 Å². The second kappa shape index (κ2) is 6.84. The van der Waals surface area contributed by atoms with Crippen molar-refractivity contribution in [3.8, 4) is 0 Å². The number of methoxy groups -OCH3 is 2. The Morgan fingerprint density at radius 3 is 2.11 bits per heavy atom. The van der Waals surface area contributed by atoms with E-state index in [1.54, 1.807) is 12.4 Å². The van der Waals surface area contributed by atoms with Crippen molar-refractivity contribution in [1.29, 1.82) is 0 Å². The van der Waals surface area contributed by atoms with E-state index in [0.29, 0.717) is 0 Å². The summed E-state index contributed by atoms with van der Waals surface area (Å²) in [6, 6.07) is 3.67. The number of nitrogens with zero attached hydrogens (tertiary/aromatic N) is 1. The molecule has 0 aliphatic heterocycles. The lowest BCUT2D eigenvalue weighted by atomic mass is 10.2. The van der Waals surface area contributed by atoms with E-state index >= 15 is 0 Å². The zero-order chi connectivity index (χ0) is 14.4. The number of aromatic nitrogens is 1. The van der Waals surface area contributed by atoms with Crippen molar-refractivity contribution < 1.29 is 23.6 Å². The van der Waals surface area contributed by atoms with E-state index in [1.807, 2.05) is 19.1 Å². The fourth-order valence-corrected chi connectivity index (χ4v) is 1.72. The quantitative estimate of drug-likeness (QED) is 0.350. The SMILES string of the molecule is CCc1cc[n+](/C(C(=O)OC)=C(\[S-])C(=O)OC)cc1. The fourth-order valence-electron chi connectivity index (χ4n) is 1.44. The first-order valence-electron chi connectivity index (χ1n) is 5.63. The van der Waals surface area contributed by atoms with E-state index in [-0.39, 0.29) is 10.6 Å². The molecule has 0 aromatic carbocycles. The number of aryl methyl sites for hydroxylation is 1. The maximum Gasteiger partial charge on any atom is 0.402 e. The minimum Gasteiger partial charge on any atom is -0.766 e. The molecule has 0 aliphatic rings. The normalized spacial score (nSPS) is 11.5. The zero-order valence-electron chi connectivity index (χ0n) is 11.0. The maximum atomic E-state index is 11.8. The molecule has 0 N–H and O–H groups in total. The Labute approximate surface area is 117 Å². The summed E-state index contributed by atoms with van der Waals surface area (Å²) in [5.74, 6) is -1.44. The lowest BCUT2D eigenvalue weighted by molar-refractivity contribution is -0.578. The second-order valence-corrected chi connectivity index (χ2v) is 4.04. The van der Waals surface area contributed by atoms with Crippen molar-refractivity contribution in [2.75, 3.05) is 14.2 Å². The Balaban J connectivity index is 3.31. The van der Waals surface area contributed by atoms with Crippen LogP contribution >= 0.6 is 0 Å². The van der Waals surface area contributed by atoms with E-state index in [1.165, 1.54) is 18.8 Å². The van der Waals surface area contributed by atoms with E-state index < -0.39 is 11.9 Å². The van der Waals surface area contributed by atoms with Crippen LogP contribution in [0.1, 0.15) is 12.5 Å². The van der Waals surface area contributed by atoms with Crippen LogP contribution in [0.15, 0.2) is 29.4 Å². The molecule has 0 atom stereocenters. The topological polar surface area (TPSA) is 56.5 Å². The molecule has 0 unspecified atom stereocenters. The van der Waals surface area contributed by atoms with Crippen LogP contribution in [0.2, 0.25) is 0 Å². The van der Waals surface area contributed by atoms with Gasteiger partial charge in [-0.25, -0.2) is 9.59 Å². The molecule has 0 saturated heterocycles. The van der Waals surface area contributed by atoms with Crippen LogP contribution in [-0.2, 0) is 38.1 Å². The van der Waals surface area contributed by atoms with Crippen LogP contribution < -0.4 is 4.57 Å². The number of esters is 2. The van der Waals surface area contributed by atoms with Gasteiger partial charge in [0.25, 0.3) is 5.70 Å². The van der Waals surface area contributed by atoms with E-state index in [0.717, 1.165) is 12.0 Å². The van der Waals surface area contributed by atoms with Crippen LogP contribution in [0, 0.1) is 0 Å². The first-order valence-corrected chi connectivity index (χ1v) is 6.04. The van der Waals surface area contributed by atoms with E-state index in [9.17, 15) is 9.59 Å². The van der Waals surface area contributed by atoms with Crippen LogP contribution in [0.25, 0.3) is 5.70 Å². The molecule has 0 bridgehead atoms. The van der Waals surface area contributed by atoms with Gasteiger partial charge >= 0.3 is 11.9 Å². The van der Waals surface area contributed by atoms with Gasteiger partial charge in [-0.1, -0.05) is 6.92 Å². The molecular formula is C13H15NO4S. The Bertz CT molecular complexity index is 508. The van der Waals surface area contributed by atoms with Gasteiger partial charge < -0.3 is 22.1 Å². The molecule has 0 fully saturated rings. The summed E-state index contributed by atoms with van der Waals surface area (Å²) >= 11 is 4.95. The highest BCUT2D eigenvalue weighted by Gasteiger charge is 2.24. The number of carbonyl (C=O) groups is 2. The average Bonchev–Trinajstić information content (AvgIpc) is 2.46. The minimum atomic E-state index is -0.748. The predicted molar refractivity (Wildman–Crippen MR) is 70.6 cm³/mol. The molecular weight excluding hydrogens is 266 g/mol. The Morgan fingerprint density at radius 2 is 1.68 bits per heavy atom. The minimum absolute atomic E-state index is 0.0352. The molecule has 0 radical (unpaired) electrons. The van der Waals surface area contributed by atoms with Gasteiger partial charge in [-0.3, -0.25) is 0 Å². The summed E-state index contributed by atoms with van der Waals surface area (Å²) in [7, 11) is 2.43. The second-order valence-electron chi connectivity index (χ2n) is 3.63. The molecule has 1 heterocycles. The van der Waals surface area contributed by atoms with Gasteiger partial charge in [0, 0.05) is 12.1 Å². The molecule has 19 heavy (non-hydrogen) atoms. The average molecular weight is 281 g/mol. The van der Waals surface area contributed by atoms with Gasteiger partial charge in [-0.15, -0.1) is 0 Å². The third-order valence-corrected chi connectivity index (χ3v) is 2.89. The maximum absolute atomic E-state index is 11.8. The number of ether oxygens (including phenoxy) is 2. The standard InChI is InChI=1S/C13H15NO4S/c1-4-9-5-7-14(8-6-9)10(12(15)17-2)11(19)13(16)18-3/h5-8H,4H2,1-3H3. The highest BCUT2D eigenvalue weighted by molar-refractivity contribution is 7.65. The monoisotopic (exact) mass is 281 g/mol. The molecule has 5 nitrogen and oxygen atoms in total. The van der Waals surface area contributed by atoms with Gasteiger partial charge in [0.1, 0.15) is 0 Å². The van der Waals surface area contributed by atoms with Crippen LogP contribution in [-0.4, -0.2) is 26.2 Å². The van der Waals surface area contributed by atoms with Crippen molar-refractivity contribution in [3.63, 3.8) is 0 Å². The molecule has 0 amide bonds. The molecule has 6 heteroatoms. The van der Waals surface area contributed by atoms with Crippen LogP contribution in [0.3, 0.4) is 0 Å². The number of carbonyl (C=O) groups excluding carboxylic acids is 2. The Morgan fingerprint density at radius 1 is 1.16 bits per heavy atom. The summed E-state index contributed by atoms with van der Waals surface area (Å²) in [5.41, 5.74) is 1.07. The lowest BCUT2D eigenvalue weighted by Crippen LogP contribution is -2.38. The number of hydrogen-bond donors (Lipinski definition) is 0. The smallest absolute Gasteiger partial charge is 0.402 e. The van der Waals surface area contributed by atoms with Gasteiger partial charge in [-0.2, -0.15) is 4.57 Å². The summed E-state index contributed by atoms with van der Waals surface area (Å²) in [5, 5.41) is 0. The van der Waals surface area contributed by atoms with Crippen molar-refractivity contribution >= 4 is 30.3 Å². The summed E-state index contributed by atoms with van der Waals surface area (Å²) in [6.07, 6.45) is 4.18. The van der Waals surface area contributed by atoms with Gasteiger partial charge in [0.05, 0.1) is 14.2 Å². The van der Waals surface area contributed by atoms with Crippen molar-refractivity contribution in [2.24, 2.45) is 0 Å². The van der Waals surface area contributed by atoms with Gasteiger partial charge in [-0.05, 0) is 16.9 Å². The zero-order valence-corrected chi connectivity index (χ0v) is 11.8. The molecule has 1 rings (SSSR count). The van der Waals surface area contributed by atoms with Gasteiger partial charge in [0.2, 0.25) is 0 Å². The fraction of sp³-hybridized carbons (Fsp3) is 0.308. The molecule has 0 saturated carbocycles. The molecule has 0 spiro atoms. The van der Waals surface area contributed by atoms with Crippen molar-refractivity contribution in [1.82, 2.24) is 0 Å². The Kier molecular flexibility index (Phi) is 5.44. The highest BCUT2D eigenvalue weighted by atomic mass is 32.1. The van der Waals surface area contributed by atoms with Gasteiger partial charge in [0.15, 0.2) is 12.4 Å². The molecule has 102 valence electrons. The summed E-state index contributed by atoms with van der Waals surface area (Å²) < 4.78 is 10.6. The van der Waals surface area contributed by atoms with Crippen LogP contribution in [0.5, 0.6) is 0 Å². The number of rotatable bonds is 4. The third kappa shape index (κ3) is 3.51. The predicted octanol–water partition coefficient (Wildman–Crippen LogP) is 0.598. The molecule has 1 aromatic heterocycles. The third-order valence-electron chi connectivity index (χ3n) is 2.53. The summed E-state index contributed by atoms with van der Waals surface area (Å²) in [4.78, 5) is 23.0. The number of pyridine rings is 1. The molecule has 1 aromatic rings. The van der Waals surface area contributed by atoms with E-state index in [2.05, 4.69) is 9.47 Å². The largest absolute Gasteiger partial charge is 0.766 e. The first kappa shape index (κ1) is 15.1. The molecule has 0 aliphatic carbocycles. The Hall–Kier alpha value is -1.95. The van der Waals surface area contributed by atoms with Crippen molar-refractivity contribution in [3.05, 3.63) is 35.0 Å². The summed E-state index contributed by atoms with van der Waals surface area (Å²) in [6.45, 7) is 2.02. The highest BCUT2D eigenvalue weighted by Crippen LogP contribution is 2.08. The van der Waals surface area contributed by atoms with Crippen molar-refractivity contribution in [2.45, 2.75) is 13.3 Å². The first-order chi connectivity index (χ1) is 9.04. The van der Waals surface area contributed by atoms with Crippen LogP contribution in [0.4, 0.5) is 0 Å². The number of hydrogen-bond acceptors (Lipinski definition) is 5.